The summed E-state index contributed by atoms with van der Waals surface area (Å²) >= 11 is 10.8. The quantitative estimate of drug-likeness (QED) is 0.716. The molecular weight excluding hydrogens is 258 g/mol. The maximum atomic E-state index is 5.87. The average molecular weight is 263 g/mol. The van der Waals surface area contributed by atoms with Gasteiger partial charge in [0.1, 0.15) is 0 Å². The molecule has 12 heavy (non-hydrogen) atoms. The lowest BCUT2D eigenvalue weighted by Crippen LogP contribution is -1.83. The van der Waals surface area contributed by atoms with Gasteiger partial charge >= 0.3 is 0 Å². The number of rotatable bonds is 0. The first-order chi connectivity index (χ1) is 5.68. The molecule has 0 aliphatic heterocycles. The summed E-state index contributed by atoms with van der Waals surface area (Å²) in [6.07, 6.45) is 0. The Morgan fingerprint density at radius 3 is 2.83 bits per heavy atom. The fourth-order valence-corrected chi connectivity index (χ4v) is 2.83. The second-order valence-electron chi connectivity index (χ2n) is 2.43. The summed E-state index contributed by atoms with van der Waals surface area (Å²) in [5.41, 5.74) is 6.54. The molecule has 0 radical (unpaired) electrons. The van der Waals surface area contributed by atoms with Crippen molar-refractivity contribution in [2.24, 2.45) is 0 Å². The standard InChI is InChI=1S/C8H5BrClNS/c9-5-1-2-6(11)4-3-7(10)12-8(4)5/h1-3H,11H2. The highest BCUT2D eigenvalue weighted by Crippen LogP contribution is 2.37. The molecule has 0 spiro atoms. The molecule has 0 amide bonds. The number of hydrogen-bond donors (Lipinski definition) is 1. The van der Waals surface area contributed by atoms with Gasteiger partial charge in [-0.15, -0.1) is 11.3 Å². The Morgan fingerprint density at radius 2 is 2.17 bits per heavy atom. The molecule has 62 valence electrons. The van der Waals surface area contributed by atoms with Crippen LogP contribution < -0.4 is 5.73 Å². The molecule has 0 saturated carbocycles. The Morgan fingerprint density at radius 1 is 1.42 bits per heavy atom. The number of nitrogen functional groups attached to an aromatic ring is 1. The summed E-state index contributed by atoms with van der Waals surface area (Å²) in [6, 6.07) is 5.70. The third kappa shape index (κ3) is 1.22. The SMILES string of the molecule is Nc1ccc(Br)c2sc(Cl)cc12. The van der Waals surface area contributed by atoms with E-state index in [1.807, 2.05) is 18.2 Å². The van der Waals surface area contributed by atoms with Crippen LogP contribution in [0.25, 0.3) is 10.1 Å². The van der Waals surface area contributed by atoms with E-state index in [0.717, 1.165) is 24.6 Å². The molecule has 0 bridgehead atoms. The van der Waals surface area contributed by atoms with Gasteiger partial charge in [0.25, 0.3) is 0 Å². The minimum Gasteiger partial charge on any atom is -0.398 e. The zero-order chi connectivity index (χ0) is 8.72. The predicted octanol–water partition coefficient (Wildman–Crippen LogP) is 3.90. The van der Waals surface area contributed by atoms with E-state index in [4.69, 9.17) is 17.3 Å². The molecule has 0 fully saturated rings. The lowest BCUT2D eigenvalue weighted by Gasteiger charge is -1.96. The number of anilines is 1. The van der Waals surface area contributed by atoms with E-state index >= 15 is 0 Å². The topological polar surface area (TPSA) is 26.0 Å². The van der Waals surface area contributed by atoms with Gasteiger partial charge in [-0.2, -0.15) is 0 Å². The van der Waals surface area contributed by atoms with Gasteiger partial charge < -0.3 is 5.73 Å². The van der Waals surface area contributed by atoms with Gasteiger partial charge in [-0.05, 0) is 34.1 Å². The highest BCUT2D eigenvalue weighted by Gasteiger charge is 2.05. The maximum absolute atomic E-state index is 5.87. The van der Waals surface area contributed by atoms with Crippen LogP contribution in [0.4, 0.5) is 5.69 Å². The second-order valence-corrected chi connectivity index (χ2v) is 4.97. The predicted molar refractivity (Wildman–Crippen MR) is 58.9 cm³/mol. The van der Waals surface area contributed by atoms with Gasteiger partial charge in [0.15, 0.2) is 0 Å². The third-order valence-corrected chi connectivity index (χ3v) is 3.86. The van der Waals surface area contributed by atoms with Crippen LogP contribution in [0.1, 0.15) is 0 Å². The van der Waals surface area contributed by atoms with Gasteiger partial charge in [0.05, 0.1) is 9.04 Å². The molecule has 1 heterocycles. The van der Waals surface area contributed by atoms with Gasteiger partial charge in [0.2, 0.25) is 0 Å². The first-order valence-corrected chi connectivity index (χ1v) is 5.30. The number of halogens is 2. The monoisotopic (exact) mass is 261 g/mol. The average Bonchev–Trinajstić information content (AvgIpc) is 2.41. The first kappa shape index (κ1) is 8.35. The molecule has 1 aromatic carbocycles. The zero-order valence-corrected chi connectivity index (χ0v) is 9.13. The van der Waals surface area contributed by atoms with E-state index in [1.165, 1.54) is 11.3 Å². The van der Waals surface area contributed by atoms with Crippen LogP contribution in [0.2, 0.25) is 4.34 Å². The van der Waals surface area contributed by atoms with E-state index in [0.29, 0.717) is 0 Å². The number of hydrogen-bond acceptors (Lipinski definition) is 2. The molecule has 1 aromatic heterocycles. The molecular formula is C8H5BrClNS. The number of benzene rings is 1. The fraction of sp³-hybridized carbons (Fsp3) is 0. The van der Waals surface area contributed by atoms with Crippen LogP contribution in [-0.4, -0.2) is 0 Å². The van der Waals surface area contributed by atoms with Crippen molar-refractivity contribution >= 4 is 54.6 Å². The largest absolute Gasteiger partial charge is 0.398 e. The van der Waals surface area contributed by atoms with Crippen molar-refractivity contribution in [3.63, 3.8) is 0 Å². The van der Waals surface area contributed by atoms with Gasteiger partial charge in [-0.1, -0.05) is 11.6 Å². The van der Waals surface area contributed by atoms with Crippen molar-refractivity contribution in [3.05, 3.63) is 27.0 Å². The van der Waals surface area contributed by atoms with Crippen molar-refractivity contribution in [3.8, 4) is 0 Å². The number of nitrogens with two attached hydrogens (primary N) is 1. The molecule has 2 N–H and O–H groups in total. The Balaban J connectivity index is 2.93. The normalized spacial score (nSPS) is 10.8. The van der Waals surface area contributed by atoms with Gasteiger partial charge in [-0.3, -0.25) is 0 Å². The summed E-state index contributed by atoms with van der Waals surface area (Å²) in [5.74, 6) is 0. The Bertz CT molecular complexity index is 399. The lowest BCUT2D eigenvalue weighted by atomic mass is 10.2. The summed E-state index contributed by atoms with van der Waals surface area (Å²) < 4.78 is 2.92. The zero-order valence-electron chi connectivity index (χ0n) is 5.97. The van der Waals surface area contributed by atoms with Crippen molar-refractivity contribution < 1.29 is 0 Å². The molecule has 0 aliphatic rings. The Kier molecular flexibility index (Phi) is 2.02. The number of thiophene rings is 1. The molecule has 1 nitrogen and oxygen atoms in total. The third-order valence-electron chi connectivity index (χ3n) is 1.64. The van der Waals surface area contributed by atoms with E-state index in [1.54, 1.807) is 0 Å². The molecule has 0 atom stereocenters. The summed E-state index contributed by atoms with van der Waals surface area (Å²) in [5, 5.41) is 1.03. The van der Waals surface area contributed by atoms with E-state index in [2.05, 4.69) is 15.9 Å². The molecule has 4 heteroatoms. The van der Waals surface area contributed by atoms with Crippen LogP contribution in [0.3, 0.4) is 0 Å². The molecule has 0 unspecified atom stereocenters. The summed E-state index contributed by atoms with van der Waals surface area (Å²) in [4.78, 5) is 0. The second kappa shape index (κ2) is 2.91. The van der Waals surface area contributed by atoms with Crippen molar-refractivity contribution in [1.29, 1.82) is 0 Å². The van der Waals surface area contributed by atoms with Crippen molar-refractivity contribution in [2.45, 2.75) is 0 Å². The smallest absolute Gasteiger partial charge is 0.0942 e. The highest BCUT2D eigenvalue weighted by atomic mass is 79.9. The molecule has 0 aliphatic carbocycles. The van der Waals surface area contributed by atoms with E-state index in [9.17, 15) is 0 Å². The first-order valence-electron chi connectivity index (χ1n) is 3.31. The molecule has 2 rings (SSSR count). The van der Waals surface area contributed by atoms with Crippen LogP contribution in [0.15, 0.2) is 22.7 Å². The summed E-state index contributed by atoms with van der Waals surface area (Å²) in [7, 11) is 0. The minimum absolute atomic E-state index is 0.767. The number of fused-ring (bicyclic) bond motifs is 1. The van der Waals surface area contributed by atoms with Crippen LogP contribution in [-0.2, 0) is 0 Å². The Labute approximate surface area is 87.3 Å². The van der Waals surface area contributed by atoms with Crippen LogP contribution in [0, 0.1) is 0 Å². The van der Waals surface area contributed by atoms with E-state index < -0.39 is 0 Å². The summed E-state index contributed by atoms with van der Waals surface area (Å²) in [6.45, 7) is 0. The van der Waals surface area contributed by atoms with Gasteiger partial charge in [-0.25, -0.2) is 0 Å². The Hall–Kier alpha value is -0.250. The minimum atomic E-state index is 0.767. The molecule has 2 aromatic rings. The van der Waals surface area contributed by atoms with Crippen LogP contribution in [0.5, 0.6) is 0 Å². The highest BCUT2D eigenvalue weighted by molar-refractivity contribution is 9.10. The van der Waals surface area contributed by atoms with Crippen LogP contribution >= 0.6 is 38.9 Å². The van der Waals surface area contributed by atoms with Gasteiger partial charge in [0, 0.05) is 15.5 Å². The fourth-order valence-electron chi connectivity index (χ4n) is 1.08. The van der Waals surface area contributed by atoms with Crippen molar-refractivity contribution in [2.75, 3.05) is 5.73 Å². The molecule has 0 saturated heterocycles. The lowest BCUT2D eigenvalue weighted by molar-refractivity contribution is 1.76. The van der Waals surface area contributed by atoms with E-state index in [-0.39, 0.29) is 0 Å². The maximum Gasteiger partial charge on any atom is 0.0942 e. The van der Waals surface area contributed by atoms with Crippen molar-refractivity contribution in [1.82, 2.24) is 0 Å².